The molecule has 0 aliphatic carbocycles. The van der Waals surface area contributed by atoms with Gasteiger partial charge in [-0.1, -0.05) is 6.92 Å². The summed E-state index contributed by atoms with van der Waals surface area (Å²) in [5.74, 6) is -0.326. The fraction of sp³-hybridized carbons (Fsp3) is 0.550. The van der Waals surface area contributed by atoms with Crippen LogP contribution in [0.25, 0.3) is 11.0 Å². The van der Waals surface area contributed by atoms with Crippen molar-refractivity contribution < 1.29 is 18.0 Å². The van der Waals surface area contributed by atoms with Crippen molar-refractivity contribution in [3.63, 3.8) is 0 Å². The number of nitrogens with zero attached hydrogens (tertiary/aromatic N) is 3. The lowest BCUT2D eigenvalue weighted by molar-refractivity contribution is -0.143. The van der Waals surface area contributed by atoms with Crippen LogP contribution in [0.3, 0.4) is 0 Å². The van der Waals surface area contributed by atoms with Crippen LogP contribution in [0.4, 0.5) is 13.2 Å². The van der Waals surface area contributed by atoms with Crippen LogP contribution in [-0.2, 0) is 17.5 Å². The van der Waals surface area contributed by atoms with Crippen molar-refractivity contribution in [2.75, 3.05) is 6.54 Å². The topological polar surface area (TPSA) is 55.2 Å². The highest BCUT2D eigenvalue weighted by atomic mass is 19.4. The van der Waals surface area contributed by atoms with Crippen LogP contribution in [0, 0.1) is 13.8 Å². The molecule has 1 fully saturated rings. The van der Waals surface area contributed by atoms with Gasteiger partial charge < -0.3 is 4.90 Å². The molecule has 0 radical (unpaired) electrons. The summed E-state index contributed by atoms with van der Waals surface area (Å²) in [4.78, 5) is 30.8. The molecule has 1 aromatic carbocycles. The van der Waals surface area contributed by atoms with Crippen LogP contribution in [0.15, 0.2) is 16.9 Å². The maximum absolute atomic E-state index is 13.4. The molecular weight excluding hydrogens is 371 g/mol. The maximum Gasteiger partial charge on any atom is 0.438 e. The Balaban J connectivity index is 2.13. The van der Waals surface area contributed by atoms with Gasteiger partial charge in [0.2, 0.25) is 11.6 Å². The molecular formula is C20H24F3N3O2. The Morgan fingerprint density at radius 2 is 1.89 bits per heavy atom. The highest BCUT2D eigenvalue weighted by molar-refractivity contribution is 5.81. The first-order chi connectivity index (χ1) is 13.1. The number of carbonyl (C=O) groups excluding carboxylic acids is 1. The van der Waals surface area contributed by atoms with E-state index in [0.717, 1.165) is 41.4 Å². The van der Waals surface area contributed by atoms with Gasteiger partial charge in [0.15, 0.2) is 0 Å². The van der Waals surface area contributed by atoms with Crippen molar-refractivity contribution in [3.05, 3.63) is 39.3 Å². The number of amides is 1. The summed E-state index contributed by atoms with van der Waals surface area (Å²) in [5.41, 5.74) is -0.859. The van der Waals surface area contributed by atoms with Gasteiger partial charge in [-0.3, -0.25) is 14.2 Å². The number of carbonyl (C=O) groups is 1. The van der Waals surface area contributed by atoms with Gasteiger partial charge in [-0.25, -0.2) is 4.98 Å². The minimum atomic E-state index is -4.88. The van der Waals surface area contributed by atoms with Crippen molar-refractivity contribution in [1.29, 1.82) is 0 Å². The molecule has 0 saturated carbocycles. The van der Waals surface area contributed by atoms with Crippen molar-refractivity contribution >= 4 is 16.9 Å². The Morgan fingerprint density at radius 1 is 1.21 bits per heavy atom. The Hall–Kier alpha value is -2.38. The van der Waals surface area contributed by atoms with Gasteiger partial charge in [0.25, 0.3) is 5.56 Å². The number of likely N-dealkylation sites (tertiary alicyclic amines) is 1. The van der Waals surface area contributed by atoms with Gasteiger partial charge in [0.05, 0.1) is 11.0 Å². The van der Waals surface area contributed by atoms with Crippen LogP contribution >= 0.6 is 0 Å². The molecule has 0 N–H and O–H groups in total. The average molecular weight is 395 g/mol. The SMILES string of the molecule is CC[C@H]1CCCCN1C(=O)Cn1c(=O)c(C(F)(F)F)nc2cc(C)c(C)cc21. The molecule has 8 heteroatoms. The normalized spacial score (nSPS) is 17.9. The third-order valence-corrected chi connectivity index (χ3v) is 5.54. The monoisotopic (exact) mass is 395 g/mol. The van der Waals surface area contributed by atoms with Crippen molar-refractivity contribution in [2.45, 2.75) is 65.2 Å². The minimum Gasteiger partial charge on any atom is -0.338 e. The van der Waals surface area contributed by atoms with E-state index in [4.69, 9.17) is 0 Å². The predicted molar refractivity (Wildman–Crippen MR) is 100 cm³/mol. The summed E-state index contributed by atoms with van der Waals surface area (Å²) in [6.45, 7) is 5.71. The van der Waals surface area contributed by atoms with Crippen LogP contribution in [0.1, 0.15) is 49.4 Å². The molecule has 2 aromatic rings. The summed E-state index contributed by atoms with van der Waals surface area (Å²) in [5, 5.41) is 0. The molecule has 152 valence electrons. The third-order valence-electron chi connectivity index (χ3n) is 5.54. The fourth-order valence-electron chi connectivity index (χ4n) is 3.82. The molecule has 1 saturated heterocycles. The molecule has 28 heavy (non-hydrogen) atoms. The Labute approximate surface area is 161 Å². The second-order valence-corrected chi connectivity index (χ2v) is 7.42. The fourth-order valence-corrected chi connectivity index (χ4v) is 3.82. The third kappa shape index (κ3) is 3.77. The highest BCUT2D eigenvalue weighted by Gasteiger charge is 2.38. The molecule has 1 amide bonds. The first-order valence-corrected chi connectivity index (χ1v) is 9.52. The van der Waals surface area contributed by atoms with Gasteiger partial charge in [-0.15, -0.1) is 0 Å². The zero-order chi connectivity index (χ0) is 20.6. The molecule has 0 bridgehead atoms. The number of benzene rings is 1. The number of halogens is 3. The zero-order valence-corrected chi connectivity index (χ0v) is 16.3. The lowest BCUT2D eigenvalue weighted by Gasteiger charge is -2.35. The number of piperidine rings is 1. The van der Waals surface area contributed by atoms with E-state index in [2.05, 4.69) is 4.98 Å². The second kappa shape index (κ2) is 7.56. The summed E-state index contributed by atoms with van der Waals surface area (Å²) in [7, 11) is 0. The van der Waals surface area contributed by atoms with Crippen molar-refractivity contribution in [2.24, 2.45) is 0 Å². The molecule has 3 rings (SSSR count). The average Bonchev–Trinajstić information content (AvgIpc) is 2.64. The number of fused-ring (bicyclic) bond motifs is 1. The van der Waals surface area contributed by atoms with E-state index in [9.17, 15) is 22.8 Å². The van der Waals surface area contributed by atoms with E-state index >= 15 is 0 Å². The number of aryl methyl sites for hydroxylation is 2. The van der Waals surface area contributed by atoms with Gasteiger partial charge in [0.1, 0.15) is 6.54 Å². The van der Waals surface area contributed by atoms with E-state index in [1.165, 1.54) is 6.07 Å². The molecule has 1 aliphatic rings. The number of hydrogen-bond donors (Lipinski definition) is 0. The predicted octanol–water partition coefficient (Wildman–Crippen LogP) is 3.82. The van der Waals surface area contributed by atoms with Gasteiger partial charge in [-0.05, 0) is 62.8 Å². The number of rotatable bonds is 3. The van der Waals surface area contributed by atoms with Crippen LogP contribution in [-0.4, -0.2) is 32.9 Å². The van der Waals surface area contributed by atoms with E-state index < -0.39 is 24.0 Å². The van der Waals surface area contributed by atoms with Crippen LogP contribution in [0.2, 0.25) is 0 Å². The van der Waals surface area contributed by atoms with Crippen molar-refractivity contribution in [1.82, 2.24) is 14.5 Å². The highest BCUT2D eigenvalue weighted by Crippen LogP contribution is 2.27. The number of alkyl halides is 3. The molecule has 5 nitrogen and oxygen atoms in total. The first-order valence-electron chi connectivity index (χ1n) is 9.52. The Kier molecular flexibility index (Phi) is 5.50. The van der Waals surface area contributed by atoms with E-state index in [0.29, 0.717) is 6.54 Å². The standard InChI is InChI=1S/C20H24F3N3O2/c1-4-14-7-5-6-8-25(14)17(27)11-26-16-10-13(3)12(2)9-15(16)24-18(19(26)28)20(21,22)23/h9-10,14H,4-8,11H2,1-3H3/t14-/m0/s1. The first kappa shape index (κ1) is 20.4. The second-order valence-electron chi connectivity index (χ2n) is 7.42. The quantitative estimate of drug-likeness (QED) is 0.794. The number of hydrogen-bond acceptors (Lipinski definition) is 3. The molecule has 1 aromatic heterocycles. The van der Waals surface area contributed by atoms with Gasteiger partial charge >= 0.3 is 6.18 Å². The van der Waals surface area contributed by atoms with E-state index in [1.54, 1.807) is 24.8 Å². The minimum absolute atomic E-state index is 0.0634. The summed E-state index contributed by atoms with van der Waals surface area (Å²) in [6.07, 6.45) is -1.34. The Morgan fingerprint density at radius 3 is 2.54 bits per heavy atom. The van der Waals surface area contributed by atoms with E-state index in [1.807, 2.05) is 6.92 Å². The number of aromatic nitrogens is 2. The maximum atomic E-state index is 13.4. The summed E-state index contributed by atoms with van der Waals surface area (Å²) >= 11 is 0. The summed E-state index contributed by atoms with van der Waals surface area (Å²) in [6, 6.07) is 3.21. The van der Waals surface area contributed by atoms with E-state index in [-0.39, 0.29) is 23.0 Å². The lowest BCUT2D eigenvalue weighted by Crippen LogP contribution is -2.46. The van der Waals surface area contributed by atoms with Gasteiger partial charge in [-0.2, -0.15) is 13.2 Å². The molecule has 1 aliphatic heterocycles. The van der Waals surface area contributed by atoms with Gasteiger partial charge in [0, 0.05) is 12.6 Å². The lowest BCUT2D eigenvalue weighted by atomic mass is 10.00. The van der Waals surface area contributed by atoms with Crippen LogP contribution < -0.4 is 5.56 Å². The smallest absolute Gasteiger partial charge is 0.338 e. The molecule has 0 unspecified atom stereocenters. The molecule has 1 atom stereocenters. The van der Waals surface area contributed by atoms with Crippen LogP contribution in [0.5, 0.6) is 0 Å². The molecule has 2 heterocycles. The zero-order valence-electron chi connectivity index (χ0n) is 16.3. The Bertz CT molecular complexity index is 966. The molecule has 0 spiro atoms. The summed E-state index contributed by atoms with van der Waals surface area (Å²) < 4.78 is 41.1. The largest absolute Gasteiger partial charge is 0.438 e. The van der Waals surface area contributed by atoms with Crippen molar-refractivity contribution in [3.8, 4) is 0 Å².